The standard InChI is InChI=1S/C9H16N4S/c1-6-2-3-7(4-6)5-11-9-12-8(10)13-14-9/h6-7H,2-5H2,1H3,(H3,10,11,12,13). The third-order valence-electron chi connectivity index (χ3n) is 2.79. The minimum absolute atomic E-state index is 0.372. The van der Waals surface area contributed by atoms with E-state index in [0.717, 1.165) is 23.5 Å². The Hall–Kier alpha value is -0.840. The first kappa shape index (κ1) is 9.71. The smallest absolute Gasteiger partial charge is 0.233 e. The van der Waals surface area contributed by atoms with E-state index in [9.17, 15) is 0 Å². The van der Waals surface area contributed by atoms with Crippen molar-refractivity contribution in [3.63, 3.8) is 0 Å². The first-order valence-electron chi connectivity index (χ1n) is 5.07. The van der Waals surface area contributed by atoms with Gasteiger partial charge in [-0.3, -0.25) is 0 Å². The van der Waals surface area contributed by atoms with Gasteiger partial charge in [0.1, 0.15) is 0 Å². The number of anilines is 2. The summed E-state index contributed by atoms with van der Waals surface area (Å²) in [7, 11) is 0. The lowest BCUT2D eigenvalue weighted by Gasteiger charge is -2.09. The van der Waals surface area contributed by atoms with Gasteiger partial charge in [0, 0.05) is 18.1 Å². The van der Waals surface area contributed by atoms with Crippen molar-refractivity contribution in [2.75, 3.05) is 17.6 Å². The van der Waals surface area contributed by atoms with E-state index in [1.54, 1.807) is 0 Å². The highest BCUT2D eigenvalue weighted by Gasteiger charge is 2.21. The second kappa shape index (κ2) is 4.13. The van der Waals surface area contributed by atoms with Crippen LogP contribution in [0.5, 0.6) is 0 Å². The van der Waals surface area contributed by atoms with Crippen LogP contribution in [0.2, 0.25) is 0 Å². The van der Waals surface area contributed by atoms with Crippen LogP contribution in [-0.2, 0) is 0 Å². The van der Waals surface area contributed by atoms with Crippen molar-refractivity contribution in [1.29, 1.82) is 0 Å². The van der Waals surface area contributed by atoms with Crippen molar-refractivity contribution >= 4 is 22.6 Å². The van der Waals surface area contributed by atoms with Crippen LogP contribution < -0.4 is 11.1 Å². The molecule has 1 aromatic heterocycles. The maximum Gasteiger partial charge on any atom is 0.233 e. The summed E-state index contributed by atoms with van der Waals surface area (Å²) in [5.74, 6) is 2.06. The Morgan fingerprint density at radius 1 is 1.57 bits per heavy atom. The number of nitrogen functional groups attached to an aromatic ring is 1. The average molecular weight is 212 g/mol. The Bertz CT molecular complexity index is 299. The van der Waals surface area contributed by atoms with Crippen molar-refractivity contribution < 1.29 is 0 Å². The number of aromatic nitrogens is 2. The summed E-state index contributed by atoms with van der Waals surface area (Å²) < 4.78 is 3.92. The van der Waals surface area contributed by atoms with Gasteiger partial charge in [0.05, 0.1) is 0 Å². The number of hydrogen-bond acceptors (Lipinski definition) is 5. The Labute approximate surface area is 88.1 Å². The Morgan fingerprint density at radius 2 is 2.43 bits per heavy atom. The van der Waals surface area contributed by atoms with Gasteiger partial charge in [-0.05, 0) is 24.7 Å². The molecule has 0 aliphatic heterocycles. The van der Waals surface area contributed by atoms with E-state index in [4.69, 9.17) is 5.73 Å². The zero-order valence-corrected chi connectivity index (χ0v) is 9.18. The average Bonchev–Trinajstić information content (AvgIpc) is 2.72. The SMILES string of the molecule is CC1CCC(CNc2nc(N)ns2)C1. The summed E-state index contributed by atoms with van der Waals surface area (Å²) in [6.07, 6.45) is 4.04. The topological polar surface area (TPSA) is 63.8 Å². The normalized spacial score (nSPS) is 26.6. The van der Waals surface area contributed by atoms with Crippen molar-refractivity contribution in [3.8, 4) is 0 Å². The highest BCUT2D eigenvalue weighted by atomic mass is 32.1. The van der Waals surface area contributed by atoms with Gasteiger partial charge < -0.3 is 11.1 Å². The van der Waals surface area contributed by atoms with Crippen LogP contribution in [0.1, 0.15) is 26.2 Å². The van der Waals surface area contributed by atoms with E-state index in [2.05, 4.69) is 21.6 Å². The van der Waals surface area contributed by atoms with Gasteiger partial charge in [-0.25, -0.2) is 0 Å². The molecule has 3 N–H and O–H groups in total. The lowest BCUT2D eigenvalue weighted by atomic mass is 10.1. The summed E-state index contributed by atoms with van der Waals surface area (Å²) in [5.41, 5.74) is 5.43. The number of nitrogens with two attached hydrogens (primary N) is 1. The second-order valence-electron chi connectivity index (χ2n) is 4.12. The first-order chi connectivity index (χ1) is 6.74. The van der Waals surface area contributed by atoms with Crippen molar-refractivity contribution in [3.05, 3.63) is 0 Å². The molecule has 78 valence electrons. The summed E-state index contributed by atoms with van der Waals surface area (Å²) in [6, 6.07) is 0. The molecule has 4 nitrogen and oxygen atoms in total. The van der Waals surface area contributed by atoms with E-state index >= 15 is 0 Å². The molecule has 0 radical (unpaired) electrons. The molecule has 5 heteroatoms. The molecule has 2 rings (SSSR count). The largest absolute Gasteiger partial charge is 0.367 e. The lowest BCUT2D eigenvalue weighted by Crippen LogP contribution is -2.11. The van der Waals surface area contributed by atoms with Crippen LogP contribution >= 0.6 is 11.5 Å². The molecule has 1 aliphatic rings. The first-order valence-corrected chi connectivity index (χ1v) is 5.84. The van der Waals surface area contributed by atoms with Crippen LogP contribution in [0, 0.1) is 11.8 Å². The Kier molecular flexibility index (Phi) is 2.86. The molecule has 0 spiro atoms. The van der Waals surface area contributed by atoms with Gasteiger partial charge in [0.2, 0.25) is 11.1 Å². The molecule has 1 aromatic rings. The van der Waals surface area contributed by atoms with Crippen LogP contribution in [0.25, 0.3) is 0 Å². The lowest BCUT2D eigenvalue weighted by molar-refractivity contribution is 0.537. The molecular weight excluding hydrogens is 196 g/mol. The molecule has 1 fully saturated rings. The number of hydrogen-bond donors (Lipinski definition) is 2. The molecule has 0 aromatic carbocycles. The van der Waals surface area contributed by atoms with Crippen LogP contribution in [0.3, 0.4) is 0 Å². The van der Waals surface area contributed by atoms with Crippen molar-refractivity contribution in [2.45, 2.75) is 26.2 Å². The fraction of sp³-hybridized carbons (Fsp3) is 0.778. The molecule has 2 unspecified atom stereocenters. The van der Waals surface area contributed by atoms with E-state index in [-0.39, 0.29) is 0 Å². The third kappa shape index (κ3) is 2.35. The third-order valence-corrected chi connectivity index (χ3v) is 3.47. The predicted molar refractivity (Wildman–Crippen MR) is 59.3 cm³/mol. The molecule has 0 bridgehead atoms. The highest BCUT2D eigenvalue weighted by molar-refractivity contribution is 7.09. The molecule has 1 aliphatic carbocycles. The number of nitrogens with zero attached hydrogens (tertiary/aromatic N) is 2. The maximum atomic E-state index is 5.43. The molecule has 14 heavy (non-hydrogen) atoms. The van der Waals surface area contributed by atoms with Gasteiger partial charge >= 0.3 is 0 Å². The van der Waals surface area contributed by atoms with E-state index < -0.39 is 0 Å². The molecule has 2 atom stereocenters. The predicted octanol–water partition coefficient (Wildman–Crippen LogP) is 1.97. The second-order valence-corrected chi connectivity index (χ2v) is 4.87. The summed E-state index contributed by atoms with van der Waals surface area (Å²) in [6.45, 7) is 3.34. The van der Waals surface area contributed by atoms with Crippen LogP contribution in [0.4, 0.5) is 11.1 Å². The Balaban J connectivity index is 1.77. The fourth-order valence-corrected chi connectivity index (χ4v) is 2.55. The monoisotopic (exact) mass is 212 g/mol. The quantitative estimate of drug-likeness (QED) is 0.804. The number of rotatable bonds is 3. The van der Waals surface area contributed by atoms with Gasteiger partial charge in [0.15, 0.2) is 0 Å². The van der Waals surface area contributed by atoms with Gasteiger partial charge in [-0.15, -0.1) is 0 Å². The molecule has 0 saturated heterocycles. The Morgan fingerprint density at radius 3 is 3.00 bits per heavy atom. The van der Waals surface area contributed by atoms with Crippen molar-refractivity contribution in [2.24, 2.45) is 11.8 Å². The van der Waals surface area contributed by atoms with Crippen LogP contribution in [-0.4, -0.2) is 15.9 Å². The minimum Gasteiger partial charge on any atom is -0.367 e. The van der Waals surface area contributed by atoms with Gasteiger partial charge in [-0.1, -0.05) is 13.3 Å². The molecule has 0 amide bonds. The van der Waals surface area contributed by atoms with E-state index in [1.165, 1.54) is 30.8 Å². The van der Waals surface area contributed by atoms with E-state index in [0.29, 0.717) is 5.95 Å². The summed E-state index contributed by atoms with van der Waals surface area (Å²) in [5, 5.41) is 4.14. The minimum atomic E-state index is 0.372. The van der Waals surface area contributed by atoms with Crippen LogP contribution in [0.15, 0.2) is 0 Å². The van der Waals surface area contributed by atoms with Crippen molar-refractivity contribution in [1.82, 2.24) is 9.36 Å². The number of nitrogens with one attached hydrogen (secondary N) is 1. The fourth-order valence-electron chi connectivity index (χ4n) is 2.05. The molecule has 1 heterocycles. The molecular formula is C9H16N4S. The highest BCUT2D eigenvalue weighted by Crippen LogP contribution is 2.30. The van der Waals surface area contributed by atoms with E-state index in [1.807, 2.05) is 0 Å². The zero-order valence-electron chi connectivity index (χ0n) is 8.36. The summed E-state index contributed by atoms with van der Waals surface area (Å²) in [4.78, 5) is 4.06. The molecule has 1 saturated carbocycles. The van der Waals surface area contributed by atoms with Gasteiger partial charge in [-0.2, -0.15) is 9.36 Å². The zero-order chi connectivity index (χ0) is 9.97. The maximum absolute atomic E-state index is 5.43. The summed E-state index contributed by atoms with van der Waals surface area (Å²) >= 11 is 1.34. The van der Waals surface area contributed by atoms with Gasteiger partial charge in [0.25, 0.3) is 0 Å².